The van der Waals surface area contributed by atoms with E-state index in [4.69, 9.17) is 0 Å². The summed E-state index contributed by atoms with van der Waals surface area (Å²) in [6, 6.07) is 19.0. The molecule has 0 aliphatic heterocycles. The maximum atomic E-state index is 12.9. The second-order valence-electron chi connectivity index (χ2n) is 6.98. The van der Waals surface area contributed by atoms with E-state index in [-0.39, 0.29) is 0 Å². The number of alkyl halides is 6. The molecular weight excluding hydrogens is 529 g/mol. The first-order valence-corrected chi connectivity index (χ1v) is 10.2. The summed E-state index contributed by atoms with van der Waals surface area (Å²) in [7, 11) is 0. The minimum Gasteiger partial charge on any atom is -0.166 e. The summed E-state index contributed by atoms with van der Waals surface area (Å²) < 4.78 is 78.5. The predicted octanol–water partition coefficient (Wildman–Crippen LogP) is 8.82. The van der Waals surface area contributed by atoms with Gasteiger partial charge in [0.15, 0.2) is 0 Å². The van der Waals surface area contributed by atoms with Crippen molar-refractivity contribution in [3.8, 4) is 22.3 Å². The van der Waals surface area contributed by atoms with Gasteiger partial charge in [0.1, 0.15) is 0 Å². The molecule has 0 saturated carbocycles. The molecule has 4 aromatic rings. The highest BCUT2D eigenvalue weighted by Gasteiger charge is 2.31. The van der Waals surface area contributed by atoms with Crippen LogP contribution < -0.4 is 0 Å². The molecule has 0 spiro atoms. The van der Waals surface area contributed by atoms with Crippen LogP contribution in [0.5, 0.6) is 0 Å². The first-order chi connectivity index (χ1) is 14.6. The van der Waals surface area contributed by atoms with Crippen molar-refractivity contribution < 1.29 is 26.3 Å². The normalized spacial score (nSPS) is 12.4. The summed E-state index contributed by atoms with van der Waals surface area (Å²) in [6.45, 7) is 0. The van der Waals surface area contributed by atoms with Gasteiger partial charge < -0.3 is 0 Å². The molecule has 0 fully saturated rings. The van der Waals surface area contributed by atoms with Crippen LogP contribution in [0.3, 0.4) is 0 Å². The van der Waals surface area contributed by atoms with E-state index < -0.39 is 23.5 Å². The third kappa shape index (κ3) is 4.28. The van der Waals surface area contributed by atoms with E-state index in [1.54, 1.807) is 0 Å². The molecule has 0 bridgehead atoms. The SMILES string of the molecule is FC(F)(F)c1ccc(-c2cc(-c3ccc(C(F)(F)F)cc3)c3ccccc3c2I)cc1. The first kappa shape index (κ1) is 21.7. The molecule has 0 heterocycles. The predicted molar refractivity (Wildman–Crippen MR) is 118 cm³/mol. The van der Waals surface area contributed by atoms with Gasteiger partial charge in [-0.05, 0) is 85.9 Å². The molecule has 0 amide bonds. The smallest absolute Gasteiger partial charge is 0.166 e. The lowest BCUT2D eigenvalue weighted by Gasteiger charge is -2.15. The summed E-state index contributed by atoms with van der Waals surface area (Å²) in [6.07, 6.45) is -8.86. The third-order valence-electron chi connectivity index (χ3n) is 5.03. The van der Waals surface area contributed by atoms with Crippen LogP contribution >= 0.6 is 22.6 Å². The monoisotopic (exact) mass is 542 g/mol. The van der Waals surface area contributed by atoms with Crippen LogP contribution in [0.25, 0.3) is 33.0 Å². The summed E-state index contributed by atoms with van der Waals surface area (Å²) in [4.78, 5) is 0. The molecular formula is C24H13F6I. The Kier molecular flexibility index (Phi) is 5.49. The molecule has 31 heavy (non-hydrogen) atoms. The fourth-order valence-corrected chi connectivity index (χ4v) is 4.40. The molecule has 0 radical (unpaired) electrons. The zero-order chi connectivity index (χ0) is 22.4. The highest BCUT2D eigenvalue weighted by Crippen LogP contribution is 2.40. The summed E-state index contributed by atoms with van der Waals surface area (Å²) in [5.74, 6) is 0. The van der Waals surface area contributed by atoms with Gasteiger partial charge in [-0.1, -0.05) is 48.5 Å². The van der Waals surface area contributed by atoms with Gasteiger partial charge in [-0.2, -0.15) is 26.3 Å². The molecule has 0 nitrogen and oxygen atoms in total. The van der Waals surface area contributed by atoms with Crippen LogP contribution in [-0.2, 0) is 12.4 Å². The van der Waals surface area contributed by atoms with Crippen LogP contribution in [0, 0.1) is 3.57 Å². The van der Waals surface area contributed by atoms with Crippen LogP contribution in [0.4, 0.5) is 26.3 Å². The number of hydrogen-bond acceptors (Lipinski definition) is 0. The van der Waals surface area contributed by atoms with Crippen molar-refractivity contribution in [1.29, 1.82) is 0 Å². The Hall–Kier alpha value is -2.55. The van der Waals surface area contributed by atoms with Gasteiger partial charge in [0.05, 0.1) is 11.1 Å². The Morgan fingerprint density at radius 3 is 1.39 bits per heavy atom. The Balaban J connectivity index is 1.90. The maximum Gasteiger partial charge on any atom is 0.416 e. The Morgan fingerprint density at radius 1 is 0.516 bits per heavy atom. The molecule has 0 N–H and O–H groups in total. The standard InChI is InChI=1S/C24H13F6I/c25-23(26,27)16-9-5-14(6-10-16)20-13-21(22(31)19-4-2-1-3-18(19)20)15-7-11-17(12-8-15)24(28,29)30/h1-13H. The van der Waals surface area contributed by atoms with Gasteiger partial charge in [-0.15, -0.1) is 0 Å². The van der Waals surface area contributed by atoms with E-state index in [1.807, 2.05) is 30.3 Å². The van der Waals surface area contributed by atoms with Crippen molar-refractivity contribution in [3.63, 3.8) is 0 Å². The number of benzene rings is 4. The number of hydrogen-bond donors (Lipinski definition) is 0. The van der Waals surface area contributed by atoms with Gasteiger partial charge in [0.2, 0.25) is 0 Å². The second kappa shape index (κ2) is 7.85. The molecule has 0 saturated heterocycles. The van der Waals surface area contributed by atoms with Crippen LogP contribution in [0.1, 0.15) is 11.1 Å². The Bertz CT molecular complexity index is 1240. The lowest BCUT2D eigenvalue weighted by molar-refractivity contribution is -0.138. The van der Waals surface area contributed by atoms with Crippen molar-refractivity contribution in [2.75, 3.05) is 0 Å². The van der Waals surface area contributed by atoms with Crippen molar-refractivity contribution in [1.82, 2.24) is 0 Å². The molecule has 0 atom stereocenters. The van der Waals surface area contributed by atoms with Crippen molar-refractivity contribution in [3.05, 3.63) is 93.6 Å². The first-order valence-electron chi connectivity index (χ1n) is 9.12. The Labute approximate surface area is 187 Å². The van der Waals surface area contributed by atoms with E-state index >= 15 is 0 Å². The van der Waals surface area contributed by atoms with E-state index in [9.17, 15) is 26.3 Å². The average molecular weight is 542 g/mol. The molecule has 4 rings (SSSR count). The van der Waals surface area contributed by atoms with Crippen molar-refractivity contribution in [2.24, 2.45) is 0 Å². The van der Waals surface area contributed by atoms with Gasteiger partial charge in [-0.3, -0.25) is 0 Å². The Morgan fingerprint density at radius 2 is 0.935 bits per heavy atom. The molecule has 4 aromatic carbocycles. The quantitative estimate of drug-likeness (QED) is 0.176. The topological polar surface area (TPSA) is 0 Å². The number of halogens is 7. The minimum absolute atomic E-state index is 0.591. The zero-order valence-electron chi connectivity index (χ0n) is 15.7. The molecule has 0 unspecified atom stereocenters. The van der Waals surface area contributed by atoms with E-state index in [0.717, 1.165) is 38.6 Å². The van der Waals surface area contributed by atoms with Crippen LogP contribution in [-0.4, -0.2) is 0 Å². The summed E-state index contributed by atoms with van der Waals surface area (Å²) >= 11 is 2.15. The van der Waals surface area contributed by atoms with Gasteiger partial charge in [0.25, 0.3) is 0 Å². The van der Waals surface area contributed by atoms with Gasteiger partial charge in [0, 0.05) is 3.57 Å². The van der Waals surface area contributed by atoms with Crippen LogP contribution in [0.2, 0.25) is 0 Å². The average Bonchev–Trinajstić information content (AvgIpc) is 2.73. The fraction of sp³-hybridized carbons (Fsp3) is 0.0833. The van der Waals surface area contributed by atoms with Crippen LogP contribution in [0.15, 0.2) is 78.9 Å². The lowest BCUT2D eigenvalue weighted by atomic mass is 9.92. The fourth-order valence-electron chi connectivity index (χ4n) is 3.47. The number of rotatable bonds is 2. The largest absolute Gasteiger partial charge is 0.416 e. The third-order valence-corrected chi connectivity index (χ3v) is 6.19. The van der Waals surface area contributed by atoms with E-state index in [0.29, 0.717) is 22.3 Å². The van der Waals surface area contributed by atoms with Crippen molar-refractivity contribution in [2.45, 2.75) is 12.4 Å². The summed E-state index contributed by atoms with van der Waals surface area (Å²) in [5, 5.41) is 1.72. The molecule has 0 aliphatic rings. The minimum atomic E-state index is -4.43. The number of fused-ring (bicyclic) bond motifs is 1. The van der Waals surface area contributed by atoms with Crippen molar-refractivity contribution >= 4 is 33.4 Å². The summed E-state index contributed by atoms with van der Waals surface area (Å²) in [5.41, 5.74) is 1.12. The zero-order valence-corrected chi connectivity index (χ0v) is 17.8. The maximum absolute atomic E-state index is 12.9. The highest BCUT2D eigenvalue weighted by atomic mass is 127. The highest BCUT2D eigenvalue weighted by molar-refractivity contribution is 14.1. The van der Waals surface area contributed by atoms with Gasteiger partial charge in [-0.25, -0.2) is 0 Å². The lowest BCUT2D eigenvalue weighted by Crippen LogP contribution is -2.04. The van der Waals surface area contributed by atoms with Gasteiger partial charge >= 0.3 is 12.4 Å². The van der Waals surface area contributed by atoms with E-state index in [2.05, 4.69) is 22.6 Å². The molecule has 158 valence electrons. The molecule has 0 aromatic heterocycles. The molecule has 0 aliphatic carbocycles. The van der Waals surface area contributed by atoms with E-state index in [1.165, 1.54) is 24.3 Å². The second-order valence-corrected chi connectivity index (χ2v) is 8.06. The molecule has 7 heteroatoms.